The Morgan fingerprint density at radius 3 is 2.88 bits per heavy atom. The lowest BCUT2D eigenvalue weighted by Gasteiger charge is -2.39. The normalized spacial score (nSPS) is 23.5. The molecular formula is C19H28FN3O2. The minimum Gasteiger partial charge on any atom is -0.505 e. The molecule has 5 nitrogen and oxygen atoms in total. The van der Waals surface area contributed by atoms with Crippen LogP contribution in [-0.4, -0.2) is 36.7 Å². The summed E-state index contributed by atoms with van der Waals surface area (Å²) in [6.07, 6.45) is 6.29. The number of phenols is 1. The summed E-state index contributed by atoms with van der Waals surface area (Å²) in [5, 5.41) is 15.7. The van der Waals surface area contributed by atoms with Crippen molar-refractivity contribution in [1.82, 2.24) is 10.6 Å². The monoisotopic (exact) mass is 349 g/mol. The van der Waals surface area contributed by atoms with Crippen molar-refractivity contribution in [3.8, 4) is 5.75 Å². The van der Waals surface area contributed by atoms with Crippen molar-refractivity contribution in [3.05, 3.63) is 29.6 Å². The Hall–Kier alpha value is -1.66. The lowest BCUT2D eigenvalue weighted by Crippen LogP contribution is -2.47. The van der Waals surface area contributed by atoms with Crippen LogP contribution in [0.2, 0.25) is 0 Å². The smallest absolute Gasteiger partial charge is 0.237 e. The zero-order valence-corrected chi connectivity index (χ0v) is 14.6. The molecule has 5 N–H and O–H groups in total. The summed E-state index contributed by atoms with van der Waals surface area (Å²) in [5.74, 6) is -0.750. The number of halogens is 1. The van der Waals surface area contributed by atoms with Crippen molar-refractivity contribution in [1.29, 1.82) is 0 Å². The van der Waals surface area contributed by atoms with Crippen LogP contribution in [0.5, 0.6) is 5.75 Å². The van der Waals surface area contributed by atoms with Crippen LogP contribution in [0.15, 0.2) is 18.2 Å². The molecule has 2 aliphatic rings. The van der Waals surface area contributed by atoms with E-state index in [1.807, 2.05) is 0 Å². The number of hydrogen-bond acceptors (Lipinski definition) is 4. The topological polar surface area (TPSA) is 87.4 Å². The molecule has 1 aromatic rings. The summed E-state index contributed by atoms with van der Waals surface area (Å²) in [5.41, 5.74) is 6.97. The maximum absolute atomic E-state index is 13.4. The van der Waals surface area contributed by atoms with Crippen LogP contribution in [0, 0.1) is 17.2 Å². The number of nitrogens with two attached hydrogens (primary N) is 1. The van der Waals surface area contributed by atoms with Crippen molar-refractivity contribution < 1.29 is 14.3 Å². The Balaban J connectivity index is 1.52. The number of carbonyl (C=O) groups is 1. The Labute approximate surface area is 148 Å². The van der Waals surface area contributed by atoms with Gasteiger partial charge in [-0.3, -0.25) is 4.79 Å². The summed E-state index contributed by atoms with van der Waals surface area (Å²) >= 11 is 0. The number of carbonyl (C=O) groups excluding carboxylic acids is 1. The molecule has 0 bridgehead atoms. The van der Waals surface area contributed by atoms with Gasteiger partial charge in [0.2, 0.25) is 5.91 Å². The predicted octanol–water partition coefficient (Wildman–Crippen LogP) is 1.69. The summed E-state index contributed by atoms with van der Waals surface area (Å²) < 4.78 is 13.4. The van der Waals surface area contributed by atoms with Gasteiger partial charge in [0.1, 0.15) is 0 Å². The highest BCUT2D eigenvalue weighted by Crippen LogP contribution is 2.49. The first-order chi connectivity index (χ1) is 12.0. The number of rotatable bonds is 5. The molecule has 1 saturated heterocycles. The van der Waals surface area contributed by atoms with Gasteiger partial charge in [-0.1, -0.05) is 12.5 Å². The van der Waals surface area contributed by atoms with E-state index in [4.69, 9.17) is 5.73 Å². The fraction of sp³-hybridized carbons (Fsp3) is 0.632. The van der Waals surface area contributed by atoms with Crippen LogP contribution in [0.4, 0.5) is 4.39 Å². The van der Waals surface area contributed by atoms with Crippen molar-refractivity contribution >= 4 is 5.91 Å². The number of amides is 1. The van der Waals surface area contributed by atoms with Crippen molar-refractivity contribution in [3.63, 3.8) is 0 Å². The van der Waals surface area contributed by atoms with Crippen LogP contribution in [0.1, 0.15) is 37.7 Å². The first kappa shape index (κ1) is 18.1. The second kappa shape index (κ2) is 7.70. The van der Waals surface area contributed by atoms with Gasteiger partial charge in [0.05, 0.1) is 6.04 Å². The van der Waals surface area contributed by atoms with E-state index < -0.39 is 17.6 Å². The third-order valence-electron chi connectivity index (χ3n) is 6.02. The first-order valence-electron chi connectivity index (χ1n) is 9.22. The largest absolute Gasteiger partial charge is 0.505 e. The molecular weight excluding hydrogens is 321 g/mol. The van der Waals surface area contributed by atoms with Crippen molar-refractivity contribution in [2.24, 2.45) is 17.1 Å². The number of benzene rings is 1. The predicted molar refractivity (Wildman–Crippen MR) is 94.6 cm³/mol. The molecule has 1 aromatic carbocycles. The van der Waals surface area contributed by atoms with E-state index in [1.165, 1.54) is 44.2 Å². The summed E-state index contributed by atoms with van der Waals surface area (Å²) in [4.78, 5) is 12.3. The standard InChI is InChI=1S/C19H28FN3O2/c20-15-10-13(3-4-17(15)24)11-16(21)18(25)23-12-14-2-1-5-19(14)6-8-22-9-7-19/h3-4,10,14,16,22,24H,1-2,5-9,11-12,21H2,(H,23,25). The van der Waals surface area contributed by atoms with Gasteiger partial charge < -0.3 is 21.5 Å². The molecule has 138 valence electrons. The molecule has 0 aromatic heterocycles. The average molecular weight is 349 g/mol. The fourth-order valence-corrected chi connectivity index (χ4v) is 4.49. The molecule has 25 heavy (non-hydrogen) atoms. The summed E-state index contributed by atoms with van der Waals surface area (Å²) in [6.45, 7) is 2.81. The number of aromatic hydroxyl groups is 1. The zero-order valence-electron chi connectivity index (χ0n) is 14.6. The first-order valence-corrected chi connectivity index (χ1v) is 9.22. The molecule has 1 spiro atoms. The van der Waals surface area contributed by atoms with Crippen LogP contribution in [-0.2, 0) is 11.2 Å². The van der Waals surface area contributed by atoms with Crippen LogP contribution < -0.4 is 16.4 Å². The quantitative estimate of drug-likeness (QED) is 0.651. The second-order valence-corrected chi connectivity index (χ2v) is 7.54. The van der Waals surface area contributed by atoms with Gasteiger partial charge in [-0.25, -0.2) is 4.39 Å². The highest BCUT2D eigenvalue weighted by molar-refractivity contribution is 5.81. The highest BCUT2D eigenvalue weighted by Gasteiger charge is 2.43. The summed E-state index contributed by atoms with van der Waals surface area (Å²) in [7, 11) is 0. The fourth-order valence-electron chi connectivity index (χ4n) is 4.49. The van der Waals surface area contributed by atoms with E-state index in [0.29, 0.717) is 23.4 Å². The van der Waals surface area contributed by atoms with E-state index in [9.17, 15) is 14.3 Å². The van der Waals surface area contributed by atoms with Crippen molar-refractivity contribution in [2.45, 2.75) is 44.6 Å². The van der Waals surface area contributed by atoms with E-state index in [-0.39, 0.29) is 12.3 Å². The van der Waals surface area contributed by atoms with Gasteiger partial charge in [-0.2, -0.15) is 0 Å². The van der Waals surface area contributed by atoms with Crippen LogP contribution in [0.3, 0.4) is 0 Å². The minimum atomic E-state index is -0.714. The Bertz CT molecular complexity index is 617. The highest BCUT2D eigenvalue weighted by atomic mass is 19.1. The molecule has 3 rings (SSSR count). The molecule has 1 heterocycles. The van der Waals surface area contributed by atoms with Gasteiger partial charge >= 0.3 is 0 Å². The molecule has 1 amide bonds. The number of phenolic OH excluding ortho intramolecular Hbond substituents is 1. The molecule has 0 radical (unpaired) electrons. The lowest BCUT2D eigenvalue weighted by molar-refractivity contribution is -0.122. The van der Waals surface area contributed by atoms with E-state index in [1.54, 1.807) is 6.07 Å². The Morgan fingerprint density at radius 2 is 2.16 bits per heavy atom. The Kier molecular flexibility index (Phi) is 5.59. The number of piperidine rings is 1. The van der Waals surface area contributed by atoms with E-state index >= 15 is 0 Å². The van der Waals surface area contributed by atoms with Gasteiger partial charge in [0.15, 0.2) is 11.6 Å². The lowest BCUT2D eigenvalue weighted by atomic mass is 9.71. The molecule has 1 saturated carbocycles. The third kappa shape index (κ3) is 4.12. The molecule has 2 unspecified atom stereocenters. The Morgan fingerprint density at radius 1 is 1.40 bits per heavy atom. The molecule has 2 fully saturated rings. The second-order valence-electron chi connectivity index (χ2n) is 7.54. The van der Waals surface area contributed by atoms with Crippen LogP contribution in [0.25, 0.3) is 0 Å². The maximum atomic E-state index is 13.4. The molecule has 1 aliphatic carbocycles. The zero-order chi connectivity index (χ0) is 17.9. The third-order valence-corrected chi connectivity index (χ3v) is 6.02. The molecule has 1 aliphatic heterocycles. The van der Waals surface area contributed by atoms with E-state index in [0.717, 1.165) is 13.1 Å². The maximum Gasteiger partial charge on any atom is 0.237 e. The minimum absolute atomic E-state index is 0.190. The van der Waals surface area contributed by atoms with Crippen LogP contribution >= 0.6 is 0 Å². The molecule has 6 heteroatoms. The number of hydrogen-bond donors (Lipinski definition) is 4. The number of nitrogens with one attached hydrogen (secondary N) is 2. The molecule has 2 atom stereocenters. The summed E-state index contributed by atoms with van der Waals surface area (Å²) in [6, 6.07) is 3.39. The van der Waals surface area contributed by atoms with Gasteiger partial charge in [0, 0.05) is 6.54 Å². The van der Waals surface area contributed by atoms with Crippen molar-refractivity contribution in [2.75, 3.05) is 19.6 Å². The SMILES string of the molecule is NC(Cc1ccc(O)c(F)c1)C(=O)NCC1CCCC12CCNCC2. The van der Waals surface area contributed by atoms with E-state index in [2.05, 4.69) is 10.6 Å². The van der Waals surface area contributed by atoms with Gasteiger partial charge in [-0.15, -0.1) is 0 Å². The van der Waals surface area contributed by atoms with Gasteiger partial charge in [-0.05, 0) is 74.2 Å². The average Bonchev–Trinajstić information content (AvgIpc) is 2.98. The van der Waals surface area contributed by atoms with Gasteiger partial charge in [0.25, 0.3) is 0 Å².